The second-order valence-electron chi connectivity index (χ2n) is 6.97. The molecule has 1 unspecified atom stereocenters. The van der Waals surface area contributed by atoms with Crippen LogP contribution in [-0.2, 0) is 0 Å². The van der Waals surface area contributed by atoms with Crippen LogP contribution in [0, 0.1) is 13.8 Å². The van der Waals surface area contributed by atoms with Gasteiger partial charge in [-0.05, 0) is 47.7 Å². The van der Waals surface area contributed by atoms with E-state index in [1.54, 1.807) is 0 Å². The number of benzene rings is 2. The minimum atomic E-state index is 0. The number of nitrogens with two attached hydrogens (primary N) is 1. The van der Waals surface area contributed by atoms with Crippen molar-refractivity contribution in [2.24, 2.45) is 5.73 Å². The molecule has 0 saturated carbocycles. The third kappa shape index (κ3) is 5.50. The van der Waals surface area contributed by atoms with E-state index in [2.05, 4.69) is 51.1 Å². The first kappa shape index (κ1) is 21.0. The van der Waals surface area contributed by atoms with Crippen molar-refractivity contribution in [3.63, 3.8) is 0 Å². The van der Waals surface area contributed by atoms with E-state index in [9.17, 15) is 0 Å². The Morgan fingerprint density at radius 3 is 2.25 bits per heavy atom. The maximum atomic E-state index is 6.59. The zero-order valence-electron chi connectivity index (χ0n) is 15.6. The number of halogens is 1. The van der Waals surface area contributed by atoms with Crippen LogP contribution < -0.4 is 5.73 Å². The van der Waals surface area contributed by atoms with E-state index >= 15 is 0 Å². The van der Waals surface area contributed by atoms with Crippen molar-refractivity contribution in [3.05, 3.63) is 47.0 Å². The molecule has 2 heteroatoms. The zero-order chi connectivity index (χ0) is 16.7. The predicted molar refractivity (Wildman–Crippen MR) is 110 cm³/mol. The Morgan fingerprint density at radius 1 is 0.917 bits per heavy atom. The number of fused-ring (bicyclic) bond motifs is 1. The van der Waals surface area contributed by atoms with Crippen LogP contribution in [0.5, 0.6) is 0 Å². The molecule has 2 aromatic rings. The lowest BCUT2D eigenvalue weighted by molar-refractivity contribution is 0.541. The van der Waals surface area contributed by atoms with E-state index in [1.807, 2.05) is 0 Å². The SMILES string of the molecule is CCCCCCCCCC(N)c1c(C)c(C)cc2ccccc12.Cl. The van der Waals surface area contributed by atoms with E-state index in [4.69, 9.17) is 5.73 Å². The second kappa shape index (κ2) is 10.7. The van der Waals surface area contributed by atoms with Gasteiger partial charge in [-0.25, -0.2) is 0 Å². The number of hydrogen-bond acceptors (Lipinski definition) is 1. The minimum Gasteiger partial charge on any atom is -0.324 e. The fourth-order valence-electron chi connectivity index (χ4n) is 3.57. The average Bonchev–Trinajstić information content (AvgIpc) is 2.55. The normalized spacial score (nSPS) is 12.2. The van der Waals surface area contributed by atoms with Crippen molar-refractivity contribution >= 4 is 23.2 Å². The van der Waals surface area contributed by atoms with Crippen LogP contribution in [0.4, 0.5) is 0 Å². The van der Waals surface area contributed by atoms with Crippen LogP contribution in [-0.4, -0.2) is 0 Å². The molecule has 0 aliphatic carbocycles. The molecular weight excluding hydrogens is 314 g/mol. The standard InChI is InChI=1S/C22H33N.ClH/c1-4-5-6-7-8-9-10-15-21(23)22-18(3)17(2)16-19-13-11-12-14-20(19)22;/h11-14,16,21H,4-10,15,23H2,1-3H3;1H. The summed E-state index contributed by atoms with van der Waals surface area (Å²) in [5, 5.41) is 2.66. The average molecular weight is 348 g/mol. The van der Waals surface area contributed by atoms with Gasteiger partial charge in [-0.15, -0.1) is 12.4 Å². The summed E-state index contributed by atoms with van der Waals surface area (Å²) >= 11 is 0. The smallest absolute Gasteiger partial charge is 0.0303 e. The summed E-state index contributed by atoms with van der Waals surface area (Å²) in [5.74, 6) is 0. The lowest BCUT2D eigenvalue weighted by Gasteiger charge is -2.19. The summed E-state index contributed by atoms with van der Waals surface area (Å²) in [6.45, 7) is 6.70. The molecule has 0 aliphatic rings. The van der Waals surface area contributed by atoms with Crippen molar-refractivity contribution in [2.45, 2.75) is 78.2 Å². The van der Waals surface area contributed by atoms with Gasteiger partial charge in [0.15, 0.2) is 0 Å². The molecule has 2 aromatic carbocycles. The first-order valence-corrected chi connectivity index (χ1v) is 9.39. The largest absolute Gasteiger partial charge is 0.324 e. The van der Waals surface area contributed by atoms with Gasteiger partial charge in [0, 0.05) is 6.04 Å². The Morgan fingerprint density at radius 2 is 1.54 bits per heavy atom. The molecule has 0 fully saturated rings. The zero-order valence-corrected chi connectivity index (χ0v) is 16.4. The number of aryl methyl sites for hydroxylation is 1. The number of unbranched alkanes of at least 4 members (excludes halogenated alkanes) is 6. The molecule has 0 aromatic heterocycles. The predicted octanol–water partition coefficient (Wildman–Crippen LogP) is 7.02. The summed E-state index contributed by atoms with van der Waals surface area (Å²) in [5.41, 5.74) is 10.7. The van der Waals surface area contributed by atoms with Crippen molar-refractivity contribution < 1.29 is 0 Å². The van der Waals surface area contributed by atoms with Crippen molar-refractivity contribution in [3.8, 4) is 0 Å². The van der Waals surface area contributed by atoms with Gasteiger partial charge in [0.1, 0.15) is 0 Å². The minimum absolute atomic E-state index is 0. The molecule has 0 saturated heterocycles. The fourth-order valence-corrected chi connectivity index (χ4v) is 3.57. The summed E-state index contributed by atoms with van der Waals surface area (Å²) in [6, 6.07) is 11.1. The third-order valence-corrected chi connectivity index (χ3v) is 5.11. The molecule has 24 heavy (non-hydrogen) atoms. The Kier molecular flexibility index (Phi) is 9.39. The lowest BCUT2D eigenvalue weighted by Crippen LogP contribution is -2.13. The van der Waals surface area contributed by atoms with Crippen molar-refractivity contribution in [2.75, 3.05) is 0 Å². The van der Waals surface area contributed by atoms with Gasteiger partial charge in [-0.3, -0.25) is 0 Å². The molecular formula is C22H34ClN. The van der Waals surface area contributed by atoms with Gasteiger partial charge in [0.25, 0.3) is 0 Å². The molecule has 2 rings (SSSR count). The Bertz CT molecular complexity index is 621. The topological polar surface area (TPSA) is 26.0 Å². The molecule has 1 atom stereocenters. The van der Waals surface area contributed by atoms with Crippen LogP contribution in [0.25, 0.3) is 10.8 Å². The molecule has 0 amide bonds. The van der Waals surface area contributed by atoms with E-state index in [1.165, 1.54) is 72.4 Å². The molecule has 0 bridgehead atoms. The molecule has 1 nitrogen and oxygen atoms in total. The summed E-state index contributed by atoms with van der Waals surface area (Å²) < 4.78 is 0. The van der Waals surface area contributed by atoms with Crippen molar-refractivity contribution in [1.82, 2.24) is 0 Å². The van der Waals surface area contributed by atoms with Gasteiger partial charge in [0.2, 0.25) is 0 Å². The highest BCUT2D eigenvalue weighted by molar-refractivity contribution is 5.88. The molecule has 0 aliphatic heterocycles. The maximum absolute atomic E-state index is 6.59. The van der Waals surface area contributed by atoms with Gasteiger partial charge < -0.3 is 5.73 Å². The van der Waals surface area contributed by atoms with Crippen LogP contribution in [0.3, 0.4) is 0 Å². The van der Waals surface area contributed by atoms with Crippen LogP contribution in [0.1, 0.15) is 81.0 Å². The van der Waals surface area contributed by atoms with Crippen LogP contribution in [0.15, 0.2) is 30.3 Å². The molecule has 0 heterocycles. The number of hydrogen-bond donors (Lipinski definition) is 1. The molecule has 0 radical (unpaired) electrons. The monoisotopic (exact) mass is 347 g/mol. The van der Waals surface area contributed by atoms with Crippen molar-refractivity contribution in [1.29, 1.82) is 0 Å². The summed E-state index contributed by atoms with van der Waals surface area (Å²) in [7, 11) is 0. The van der Waals surface area contributed by atoms with E-state index in [0.29, 0.717) is 0 Å². The van der Waals surface area contributed by atoms with Crippen LogP contribution in [0.2, 0.25) is 0 Å². The van der Waals surface area contributed by atoms with E-state index in [0.717, 1.165) is 6.42 Å². The van der Waals surface area contributed by atoms with Gasteiger partial charge in [-0.1, -0.05) is 82.2 Å². The Hall–Kier alpha value is -1.05. The molecule has 0 spiro atoms. The quantitative estimate of drug-likeness (QED) is 0.484. The highest BCUT2D eigenvalue weighted by Gasteiger charge is 2.14. The van der Waals surface area contributed by atoms with Gasteiger partial charge in [-0.2, -0.15) is 0 Å². The second-order valence-corrected chi connectivity index (χ2v) is 6.97. The highest BCUT2D eigenvalue weighted by atomic mass is 35.5. The van der Waals surface area contributed by atoms with Gasteiger partial charge >= 0.3 is 0 Å². The van der Waals surface area contributed by atoms with Crippen LogP contribution >= 0.6 is 12.4 Å². The third-order valence-electron chi connectivity index (χ3n) is 5.11. The Balaban J connectivity index is 0.00000288. The summed E-state index contributed by atoms with van der Waals surface area (Å²) in [6.07, 6.45) is 10.5. The van der Waals surface area contributed by atoms with E-state index in [-0.39, 0.29) is 18.4 Å². The number of rotatable bonds is 9. The van der Waals surface area contributed by atoms with Gasteiger partial charge in [0.05, 0.1) is 0 Å². The molecule has 2 N–H and O–H groups in total. The lowest BCUT2D eigenvalue weighted by atomic mass is 9.89. The maximum Gasteiger partial charge on any atom is 0.0303 e. The summed E-state index contributed by atoms with van der Waals surface area (Å²) in [4.78, 5) is 0. The first-order valence-electron chi connectivity index (χ1n) is 9.39. The highest BCUT2D eigenvalue weighted by Crippen LogP contribution is 2.31. The fraction of sp³-hybridized carbons (Fsp3) is 0.545. The Labute approximate surface area is 154 Å². The molecule has 134 valence electrons. The van der Waals surface area contributed by atoms with E-state index < -0.39 is 0 Å². The first-order chi connectivity index (χ1) is 11.1.